The molecule has 1 atom stereocenters. The minimum absolute atomic E-state index is 0.406. The standard InChI is InChI=1S/C15H18ClN3O2/c1-10(15(20)21)8-19(2)9-12-7-17-18-14(12)11-4-3-5-13(16)6-11/h3-7,10H,8-9H2,1-2H3,(H,17,18)(H,20,21). The van der Waals surface area contributed by atoms with E-state index in [4.69, 9.17) is 16.7 Å². The number of hydrogen-bond acceptors (Lipinski definition) is 3. The van der Waals surface area contributed by atoms with Crippen LogP contribution in [-0.2, 0) is 11.3 Å². The van der Waals surface area contributed by atoms with Gasteiger partial charge in [0.05, 0.1) is 17.8 Å². The molecule has 2 aromatic rings. The Morgan fingerprint density at radius 2 is 2.29 bits per heavy atom. The molecule has 0 saturated heterocycles. The lowest BCUT2D eigenvalue weighted by atomic mass is 10.1. The van der Waals surface area contributed by atoms with Gasteiger partial charge < -0.3 is 10.0 Å². The molecular formula is C15H18ClN3O2. The van der Waals surface area contributed by atoms with Crippen LogP contribution in [0.25, 0.3) is 11.3 Å². The van der Waals surface area contributed by atoms with E-state index in [2.05, 4.69) is 10.2 Å². The molecule has 0 bridgehead atoms. The van der Waals surface area contributed by atoms with Gasteiger partial charge in [-0.2, -0.15) is 5.10 Å². The maximum absolute atomic E-state index is 10.9. The third-order valence-corrected chi connectivity index (χ3v) is 3.51. The van der Waals surface area contributed by atoms with E-state index >= 15 is 0 Å². The average molecular weight is 308 g/mol. The van der Waals surface area contributed by atoms with Crippen molar-refractivity contribution in [3.05, 3.63) is 41.0 Å². The van der Waals surface area contributed by atoms with Crippen LogP contribution in [0.15, 0.2) is 30.5 Å². The van der Waals surface area contributed by atoms with Gasteiger partial charge in [0.2, 0.25) is 0 Å². The number of aromatic nitrogens is 2. The van der Waals surface area contributed by atoms with Crippen LogP contribution in [0.5, 0.6) is 0 Å². The van der Waals surface area contributed by atoms with Gasteiger partial charge in [-0.3, -0.25) is 9.89 Å². The second-order valence-corrected chi connectivity index (χ2v) is 5.65. The van der Waals surface area contributed by atoms with Gasteiger partial charge in [0.1, 0.15) is 0 Å². The Kier molecular flexibility index (Phi) is 4.98. The van der Waals surface area contributed by atoms with Crippen LogP contribution >= 0.6 is 11.6 Å². The Hall–Kier alpha value is -1.85. The molecular weight excluding hydrogens is 290 g/mol. The summed E-state index contributed by atoms with van der Waals surface area (Å²) in [5.41, 5.74) is 2.89. The number of carbonyl (C=O) groups is 1. The van der Waals surface area contributed by atoms with Crippen molar-refractivity contribution in [3.8, 4) is 11.3 Å². The van der Waals surface area contributed by atoms with E-state index in [1.807, 2.05) is 36.2 Å². The fraction of sp³-hybridized carbons (Fsp3) is 0.333. The minimum atomic E-state index is -0.788. The smallest absolute Gasteiger partial charge is 0.307 e. The molecule has 1 unspecified atom stereocenters. The van der Waals surface area contributed by atoms with Crippen molar-refractivity contribution in [2.45, 2.75) is 13.5 Å². The van der Waals surface area contributed by atoms with Crippen LogP contribution in [0, 0.1) is 5.92 Å². The highest BCUT2D eigenvalue weighted by atomic mass is 35.5. The molecule has 1 aromatic heterocycles. The number of aromatic amines is 1. The van der Waals surface area contributed by atoms with E-state index in [9.17, 15) is 4.79 Å². The highest BCUT2D eigenvalue weighted by Gasteiger charge is 2.16. The van der Waals surface area contributed by atoms with Crippen molar-refractivity contribution >= 4 is 17.6 Å². The molecule has 2 rings (SSSR count). The molecule has 0 amide bonds. The number of carboxylic acids is 1. The Labute approximate surface area is 128 Å². The lowest BCUT2D eigenvalue weighted by Crippen LogP contribution is -2.28. The van der Waals surface area contributed by atoms with Crippen LogP contribution in [0.3, 0.4) is 0 Å². The zero-order valence-electron chi connectivity index (χ0n) is 12.0. The minimum Gasteiger partial charge on any atom is -0.481 e. The van der Waals surface area contributed by atoms with Gasteiger partial charge in [0.25, 0.3) is 0 Å². The first-order valence-corrected chi connectivity index (χ1v) is 7.04. The third-order valence-electron chi connectivity index (χ3n) is 3.28. The molecule has 5 nitrogen and oxygen atoms in total. The fourth-order valence-electron chi connectivity index (χ4n) is 2.23. The van der Waals surface area contributed by atoms with Crippen LogP contribution in [-0.4, -0.2) is 39.8 Å². The molecule has 0 fully saturated rings. The van der Waals surface area contributed by atoms with E-state index in [1.54, 1.807) is 13.1 Å². The maximum atomic E-state index is 10.9. The predicted octanol–water partition coefficient (Wildman–Crippen LogP) is 2.88. The SMILES string of the molecule is CC(CN(C)Cc1cn[nH]c1-c1cccc(Cl)c1)C(=O)O. The summed E-state index contributed by atoms with van der Waals surface area (Å²) >= 11 is 6.01. The Balaban J connectivity index is 2.12. The zero-order chi connectivity index (χ0) is 15.4. The Morgan fingerprint density at radius 1 is 1.52 bits per heavy atom. The third kappa shape index (κ3) is 4.06. The molecule has 0 aliphatic carbocycles. The Morgan fingerprint density at radius 3 is 2.95 bits per heavy atom. The van der Waals surface area contributed by atoms with Crippen LogP contribution < -0.4 is 0 Å². The van der Waals surface area contributed by atoms with E-state index in [0.717, 1.165) is 16.8 Å². The number of aliphatic carboxylic acids is 1. The highest BCUT2D eigenvalue weighted by Crippen LogP contribution is 2.24. The number of halogens is 1. The number of nitrogens with one attached hydrogen (secondary N) is 1. The molecule has 0 aliphatic heterocycles. The lowest BCUT2D eigenvalue weighted by molar-refractivity contribution is -0.141. The molecule has 0 saturated carbocycles. The van der Waals surface area contributed by atoms with Crippen molar-refractivity contribution in [2.24, 2.45) is 5.92 Å². The number of benzene rings is 1. The summed E-state index contributed by atoms with van der Waals surface area (Å²) in [7, 11) is 1.90. The van der Waals surface area contributed by atoms with E-state index in [1.165, 1.54) is 0 Å². The molecule has 0 radical (unpaired) electrons. The van der Waals surface area contributed by atoms with Crippen molar-refractivity contribution in [2.75, 3.05) is 13.6 Å². The van der Waals surface area contributed by atoms with Crippen molar-refractivity contribution in [1.29, 1.82) is 0 Å². The maximum Gasteiger partial charge on any atom is 0.307 e. The normalized spacial score (nSPS) is 12.6. The van der Waals surface area contributed by atoms with E-state index in [0.29, 0.717) is 18.1 Å². The first-order valence-electron chi connectivity index (χ1n) is 6.67. The zero-order valence-corrected chi connectivity index (χ0v) is 12.8. The van der Waals surface area contributed by atoms with E-state index < -0.39 is 11.9 Å². The largest absolute Gasteiger partial charge is 0.481 e. The molecule has 0 aliphatic rings. The van der Waals surface area contributed by atoms with E-state index in [-0.39, 0.29) is 0 Å². The van der Waals surface area contributed by atoms with Crippen molar-refractivity contribution < 1.29 is 9.90 Å². The molecule has 0 spiro atoms. The van der Waals surface area contributed by atoms with Crippen LogP contribution in [0.2, 0.25) is 5.02 Å². The highest BCUT2D eigenvalue weighted by molar-refractivity contribution is 6.30. The summed E-state index contributed by atoms with van der Waals surface area (Å²) in [6.45, 7) is 2.80. The Bertz CT molecular complexity index is 627. The number of carboxylic acid groups (broad SMARTS) is 1. The monoisotopic (exact) mass is 307 g/mol. The molecule has 21 heavy (non-hydrogen) atoms. The summed E-state index contributed by atoms with van der Waals surface area (Å²) in [6, 6.07) is 7.54. The second-order valence-electron chi connectivity index (χ2n) is 5.22. The summed E-state index contributed by atoms with van der Waals surface area (Å²) in [5, 5.41) is 16.7. The molecule has 1 aromatic carbocycles. The van der Waals surface area contributed by atoms with Gasteiger partial charge >= 0.3 is 5.97 Å². The number of nitrogens with zero attached hydrogens (tertiary/aromatic N) is 2. The summed E-state index contributed by atoms with van der Waals surface area (Å²) in [6.07, 6.45) is 1.76. The second kappa shape index (κ2) is 6.74. The lowest BCUT2D eigenvalue weighted by Gasteiger charge is -2.19. The molecule has 112 valence electrons. The summed E-state index contributed by atoms with van der Waals surface area (Å²) in [4.78, 5) is 12.9. The van der Waals surface area contributed by atoms with Crippen LogP contribution in [0.1, 0.15) is 12.5 Å². The molecule has 1 heterocycles. The van der Waals surface area contributed by atoms with Gasteiger partial charge in [-0.05, 0) is 19.2 Å². The quantitative estimate of drug-likeness (QED) is 0.861. The fourth-order valence-corrected chi connectivity index (χ4v) is 2.42. The average Bonchev–Trinajstić information content (AvgIpc) is 2.86. The molecule has 2 N–H and O–H groups in total. The van der Waals surface area contributed by atoms with Gasteiger partial charge in [-0.25, -0.2) is 0 Å². The van der Waals surface area contributed by atoms with Crippen LogP contribution in [0.4, 0.5) is 0 Å². The van der Waals surface area contributed by atoms with Gasteiger partial charge in [-0.15, -0.1) is 0 Å². The first-order chi connectivity index (χ1) is 9.97. The predicted molar refractivity (Wildman–Crippen MR) is 82.2 cm³/mol. The van der Waals surface area contributed by atoms with Crippen molar-refractivity contribution in [3.63, 3.8) is 0 Å². The van der Waals surface area contributed by atoms with Crippen molar-refractivity contribution in [1.82, 2.24) is 15.1 Å². The van der Waals surface area contributed by atoms with Gasteiger partial charge in [0.15, 0.2) is 0 Å². The topological polar surface area (TPSA) is 69.2 Å². The van der Waals surface area contributed by atoms with Gasteiger partial charge in [-0.1, -0.05) is 30.7 Å². The van der Waals surface area contributed by atoms with Gasteiger partial charge in [0, 0.05) is 29.2 Å². The molecule has 6 heteroatoms. The number of hydrogen-bond donors (Lipinski definition) is 2. The summed E-state index contributed by atoms with van der Waals surface area (Å²) < 4.78 is 0. The number of rotatable bonds is 6. The first kappa shape index (κ1) is 15.5. The number of H-pyrrole nitrogens is 1. The summed E-state index contributed by atoms with van der Waals surface area (Å²) in [5.74, 6) is -1.19.